The maximum Gasteiger partial charge on any atom is 0.332 e. The van der Waals surface area contributed by atoms with E-state index in [1.807, 2.05) is 37.3 Å². The molecule has 0 radical (unpaired) electrons. The highest BCUT2D eigenvalue weighted by Crippen LogP contribution is 2.41. The van der Waals surface area contributed by atoms with Crippen molar-refractivity contribution in [1.82, 2.24) is 9.55 Å². The first kappa shape index (κ1) is 20.7. The van der Waals surface area contributed by atoms with Crippen LogP contribution in [0.4, 0.5) is 3.89 Å². The average Bonchev–Trinajstić information content (AvgIpc) is 3.57. The van der Waals surface area contributed by atoms with E-state index in [9.17, 15) is 17.1 Å². The Labute approximate surface area is 195 Å². The number of benzene rings is 3. The second-order valence-electron chi connectivity index (χ2n) is 8.83. The van der Waals surface area contributed by atoms with Crippen LogP contribution in [0.1, 0.15) is 30.0 Å². The van der Waals surface area contributed by atoms with Crippen molar-refractivity contribution in [2.24, 2.45) is 0 Å². The van der Waals surface area contributed by atoms with E-state index in [1.54, 1.807) is 6.07 Å². The number of aromatic amines is 1. The summed E-state index contributed by atoms with van der Waals surface area (Å²) in [6.07, 6.45) is 7.56. The predicted molar refractivity (Wildman–Crippen MR) is 132 cm³/mol. The van der Waals surface area contributed by atoms with E-state index < -0.39 is 10.2 Å². The Morgan fingerprint density at radius 2 is 1.88 bits per heavy atom. The number of fused-ring (bicyclic) bond motifs is 4. The Bertz CT molecular complexity index is 1890. The normalized spacial score (nSPS) is 14.1. The van der Waals surface area contributed by atoms with Gasteiger partial charge in [0.1, 0.15) is 5.65 Å². The summed E-state index contributed by atoms with van der Waals surface area (Å²) in [4.78, 5) is 16.7. The molecule has 5 nitrogen and oxygen atoms in total. The van der Waals surface area contributed by atoms with Gasteiger partial charge in [0.25, 0.3) is 0 Å². The highest BCUT2D eigenvalue weighted by Gasteiger charge is 2.29. The van der Waals surface area contributed by atoms with Gasteiger partial charge in [0.05, 0.1) is 15.8 Å². The number of terminal acetylenes is 1. The monoisotopic (exact) mass is 470 g/mol. The molecule has 2 heterocycles. The number of H-pyrrole nitrogens is 1. The predicted octanol–water partition coefficient (Wildman–Crippen LogP) is 5.59. The lowest BCUT2D eigenvalue weighted by Crippen LogP contribution is -2.11. The Morgan fingerprint density at radius 1 is 1.09 bits per heavy atom. The molecule has 0 bridgehead atoms. The minimum absolute atomic E-state index is 0.0728. The number of nitrogens with one attached hydrogen (secondary N) is 1. The van der Waals surface area contributed by atoms with E-state index >= 15 is 0 Å². The van der Waals surface area contributed by atoms with Crippen molar-refractivity contribution in [2.75, 3.05) is 0 Å². The number of aromatic nitrogens is 2. The smallest absolute Gasteiger partial charge is 0.332 e. The highest BCUT2D eigenvalue weighted by molar-refractivity contribution is 7.86. The van der Waals surface area contributed by atoms with E-state index in [-0.39, 0.29) is 16.4 Å². The summed E-state index contributed by atoms with van der Waals surface area (Å²) in [5.74, 6) is 2.63. The molecule has 0 unspecified atom stereocenters. The largest absolute Gasteiger partial charge is 0.340 e. The molecule has 3 aromatic carbocycles. The lowest BCUT2D eigenvalue weighted by atomic mass is 9.97. The van der Waals surface area contributed by atoms with Gasteiger partial charge in [0, 0.05) is 27.9 Å². The zero-order valence-electron chi connectivity index (χ0n) is 18.2. The van der Waals surface area contributed by atoms with Crippen LogP contribution in [-0.2, 0) is 10.2 Å². The third kappa shape index (κ3) is 3.06. The van der Waals surface area contributed by atoms with Crippen LogP contribution in [0.5, 0.6) is 0 Å². The molecule has 34 heavy (non-hydrogen) atoms. The van der Waals surface area contributed by atoms with Gasteiger partial charge in [-0.05, 0) is 72.9 Å². The van der Waals surface area contributed by atoms with Gasteiger partial charge in [-0.15, -0.1) is 10.3 Å². The lowest BCUT2D eigenvalue weighted by Gasteiger charge is -2.15. The SMILES string of the molecule is C#Cc1ccc2c(c1)[nH]c1c2c(=O)c2cc(C)c(-c3cccc(S(=O)(=O)F)c3)cc2n1C1CC1. The van der Waals surface area contributed by atoms with E-state index in [0.717, 1.165) is 51.6 Å². The maximum absolute atomic E-state index is 13.7. The van der Waals surface area contributed by atoms with Gasteiger partial charge in [-0.2, -0.15) is 8.42 Å². The number of rotatable bonds is 3. The van der Waals surface area contributed by atoms with Crippen molar-refractivity contribution in [1.29, 1.82) is 0 Å². The fraction of sp³-hybridized carbons (Fsp3) is 0.148. The van der Waals surface area contributed by atoms with Crippen LogP contribution in [0.15, 0.2) is 64.3 Å². The summed E-state index contributed by atoms with van der Waals surface area (Å²) in [6.45, 7) is 1.87. The second kappa shape index (κ2) is 7.05. The van der Waals surface area contributed by atoms with Gasteiger partial charge in [0.2, 0.25) is 0 Å². The summed E-state index contributed by atoms with van der Waals surface area (Å²) in [5.41, 5.74) is 5.10. The van der Waals surface area contributed by atoms with Crippen LogP contribution < -0.4 is 5.43 Å². The number of aryl methyl sites for hydroxylation is 1. The van der Waals surface area contributed by atoms with E-state index in [4.69, 9.17) is 6.42 Å². The van der Waals surface area contributed by atoms with Crippen LogP contribution in [0.25, 0.3) is 44.0 Å². The summed E-state index contributed by atoms with van der Waals surface area (Å²) < 4.78 is 38.7. The summed E-state index contributed by atoms with van der Waals surface area (Å²) in [7, 11) is -4.83. The third-order valence-electron chi connectivity index (χ3n) is 6.60. The molecule has 1 aliphatic carbocycles. The standard InChI is InChI=1S/C27H19FN2O3S/c1-3-16-7-10-20-23(12-16)29-27-25(20)26(31)22-11-15(2)21(14-24(22)30(27)18-8-9-18)17-5-4-6-19(13-17)34(28,32)33/h1,4-7,10-14,18,29H,8-9H2,2H3. The second-order valence-corrected chi connectivity index (χ2v) is 10.2. The van der Waals surface area contributed by atoms with Crippen LogP contribution in [-0.4, -0.2) is 18.0 Å². The summed E-state index contributed by atoms with van der Waals surface area (Å²) >= 11 is 0. The number of pyridine rings is 1. The average molecular weight is 471 g/mol. The molecular weight excluding hydrogens is 451 g/mol. The van der Waals surface area contributed by atoms with E-state index in [2.05, 4.69) is 15.5 Å². The number of halogens is 1. The number of hydrogen-bond acceptors (Lipinski definition) is 3. The van der Waals surface area contributed by atoms with Crippen LogP contribution in [0.3, 0.4) is 0 Å². The zero-order valence-corrected chi connectivity index (χ0v) is 19.0. The molecule has 0 atom stereocenters. The Hall–Kier alpha value is -3.89. The van der Waals surface area contributed by atoms with Crippen molar-refractivity contribution in [2.45, 2.75) is 30.7 Å². The molecule has 2 aromatic heterocycles. The van der Waals surface area contributed by atoms with Crippen LogP contribution >= 0.6 is 0 Å². The molecule has 1 saturated carbocycles. The zero-order chi connectivity index (χ0) is 23.8. The van der Waals surface area contributed by atoms with Gasteiger partial charge in [-0.25, -0.2) is 0 Å². The Kier molecular flexibility index (Phi) is 4.29. The molecule has 7 heteroatoms. The van der Waals surface area contributed by atoms with Crippen LogP contribution in [0.2, 0.25) is 0 Å². The molecular formula is C27H19FN2O3S. The highest BCUT2D eigenvalue weighted by atomic mass is 32.3. The number of hydrogen-bond donors (Lipinski definition) is 1. The van der Waals surface area contributed by atoms with E-state index in [0.29, 0.717) is 16.3 Å². The minimum Gasteiger partial charge on any atom is -0.340 e. The molecule has 6 rings (SSSR count). The van der Waals surface area contributed by atoms with Crippen molar-refractivity contribution in [3.8, 4) is 23.5 Å². The van der Waals surface area contributed by atoms with Crippen molar-refractivity contribution >= 4 is 43.1 Å². The quantitative estimate of drug-likeness (QED) is 0.276. The molecule has 1 aliphatic rings. The first-order valence-electron chi connectivity index (χ1n) is 10.9. The van der Waals surface area contributed by atoms with Crippen molar-refractivity contribution in [3.63, 3.8) is 0 Å². The first-order valence-corrected chi connectivity index (χ1v) is 12.3. The molecule has 168 valence electrons. The fourth-order valence-electron chi connectivity index (χ4n) is 4.85. The van der Waals surface area contributed by atoms with Gasteiger partial charge in [-0.1, -0.05) is 24.1 Å². The Morgan fingerprint density at radius 3 is 2.59 bits per heavy atom. The van der Waals surface area contributed by atoms with Crippen LogP contribution in [0, 0.1) is 19.3 Å². The lowest BCUT2D eigenvalue weighted by molar-refractivity contribution is 0.552. The van der Waals surface area contributed by atoms with E-state index in [1.165, 1.54) is 18.2 Å². The van der Waals surface area contributed by atoms with Crippen molar-refractivity contribution < 1.29 is 12.3 Å². The molecule has 1 N–H and O–H groups in total. The molecule has 0 spiro atoms. The Balaban J connectivity index is 1.72. The summed E-state index contributed by atoms with van der Waals surface area (Å²) in [5, 5.41) is 2.06. The molecule has 1 fully saturated rings. The number of nitrogens with zero attached hydrogens (tertiary/aromatic N) is 1. The van der Waals surface area contributed by atoms with Gasteiger partial charge in [0.15, 0.2) is 5.43 Å². The molecule has 5 aromatic rings. The third-order valence-corrected chi connectivity index (χ3v) is 7.42. The van der Waals surface area contributed by atoms with Gasteiger partial charge < -0.3 is 9.55 Å². The van der Waals surface area contributed by atoms with Gasteiger partial charge in [-0.3, -0.25) is 4.79 Å². The maximum atomic E-state index is 13.7. The topological polar surface area (TPSA) is 71.9 Å². The van der Waals surface area contributed by atoms with Crippen molar-refractivity contribution in [3.05, 3.63) is 75.9 Å². The molecule has 0 aliphatic heterocycles. The van der Waals surface area contributed by atoms with Gasteiger partial charge >= 0.3 is 10.2 Å². The summed E-state index contributed by atoms with van der Waals surface area (Å²) in [6, 6.07) is 15.4. The minimum atomic E-state index is -4.83. The molecule has 0 saturated heterocycles. The molecule has 0 amide bonds. The fourth-order valence-corrected chi connectivity index (χ4v) is 5.36. The first-order chi connectivity index (χ1) is 16.3.